The highest BCUT2D eigenvalue weighted by molar-refractivity contribution is 5.69. The molecule has 0 aromatic rings. The van der Waals surface area contributed by atoms with E-state index in [0.29, 0.717) is 12.8 Å². The molecule has 0 spiro atoms. The number of aliphatic hydroxyl groups excluding tert-OH is 3. The highest BCUT2D eigenvalue weighted by Crippen LogP contribution is 2.16. The molecule has 0 amide bonds. The third-order valence-corrected chi connectivity index (χ3v) is 11.1. The summed E-state index contributed by atoms with van der Waals surface area (Å²) < 4.78 is 21.0. The number of carbonyl (C=O) groups excluding carboxylic acids is 2. The standard InChI is InChI=1S/C49H96O9/c1-3-5-7-9-11-13-15-17-19-21-23-25-27-29-31-33-35-37-48(53)57-43-46(51)41-55-39-45(50)40-56-42-47(52)44-58-49(54)38-36-34-32-30-28-26-24-22-20-18-16-14-12-10-8-6-4-2/h45-47,50-52H,3-44H2,1-2H3. The van der Waals surface area contributed by atoms with Crippen LogP contribution < -0.4 is 0 Å². The lowest BCUT2D eigenvalue weighted by molar-refractivity contribution is -0.148. The van der Waals surface area contributed by atoms with Crippen LogP contribution in [0.5, 0.6) is 0 Å². The summed E-state index contributed by atoms with van der Waals surface area (Å²) in [5.74, 6) is -0.624. The molecule has 0 aliphatic heterocycles. The molecule has 346 valence electrons. The Balaban J connectivity index is 3.49. The molecule has 2 atom stereocenters. The molecule has 0 fully saturated rings. The zero-order chi connectivity index (χ0) is 42.4. The van der Waals surface area contributed by atoms with Gasteiger partial charge >= 0.3 is 11.9 Å². The summed E-state index contributed by atoms with van der Waals surface area (Å²) in [7, 11) is 0. The van der Waals surface area contributed by atoms with Crippen LogP contribution in [0.2, 0.25) is 0 Å². The van der Waals surface area contributed by atoms with Crippen LogP contribution in [-0.4, -0.2) is 85.2 Å². The molecular formula is C49H96O9. The van der Waals surface area contributed by atoms with E-state index >= 15 is 0 Å². The zero-order valence-corrected chi connectivity index (χ0v) is 38.2. The van der Waals surface area contributed by atoms with Crippen LogP contribution in [-0.2, 0) is 28.5 Å². The summed E-state index contributed by atoms with van der Waals surface area (Å²) in [5, 5.41) is 30.2. The molecular weight excluding hydrogens is 733 g/mol. The molecule has 0 saturated heterocycles. The van der Waals surface area contributed by atoms with Crippen molar-refractivity contribution in [1.82, 2.24) is 0 Å². The van der Waals surface area contributed by atoms with Gasteiger partial charge in [0.1, 0.15) is 31.5 Å². The van der Waals surface area contributed by atoms with Gasteiger partial charge in [-0.25, -0.2) is 0 Å². The molecule has 0 aromatic carbocycles. The van der Waals surface area contributed by atoms with Gasteiger partial charge in [-0.1, -0.05) is 219 Å². The van der Waals surface area contributed by atoms with Gasteiger partial charge in [-0.05, 0) is 12.8 Å². The number of ether oxygens (including phenoxy) is 4. The average molecular weight is 829 g/mol. The number of hydrogen-bond donors (Lipinski definition) is 3. The van der Waals surface area contributed by atoms with Gasteiger partial charge in [0.15, 0.2) is 0 Å². The smallest absolute Gasteiger partial charge is 0.305 e. The van der Waals surface area contributed by atoms with Crippen LogP contribution in [0.25, 0.3) is 0 Å². The van der Waals surface area contributed by atoms with Gasteiger partial charge in [-0.2, -0.15) is 0 Å². The fourth-order valence-electron chi connectivity index (χ4n) is 7.34. The van der Waals surface area contributed by atoms with Gasteiger partial charge < -0.3 is 34.3 Å². The first-order valence-electron chi connectivity index (χ1n) is 24.9. The third kappa shape index (κ3) is 45.8. The summed E-state index contributed by atoms with van der Waals surface area (Å²) >= 11 is 0. The molecule has 9 heteroatoms. The van der Waals surface area contributed by atoms with E-state index in [1.54, 1.807) is 0 Å². The van der Waals surface area contributed by atoms with E-state index in [9.17, 15) is 24.9 Å². The predicted octanol–water partition coefficient (Wildman–Crippen LogP) is 12.3. The minimum absolute atomic E-state index is 0.0747. The Morgan fingerprint density at radius 2 is 0.500 bits per heavy atom. The second-order valence-corrected chi connectivity index (χ2v) is 17.2. The van der Waals surface area contributed by atoms with Gasteiger partial charge in [-0.3, -0.25) is 9.59 Å². The third-order valence-electron chi connectivity index (χ3n) is 11.1. The molecule has 2 unspecified atom stereocenters. The average Bonchev–Trinajstić information content (AvgIpc) is 3.21. The Labute approximate surface area is 357 Å². The molecule has 0 rings (SSSR count). The fourth-order valence-corrected chi connectivity index (χ4v) is 7.34. The van der Waals surface area contributed by atoms with E-state index in [1.807, 2.05) is 0 Å². The van der Waals surface area contributed by atoms with E-state index in [-0.39, 0.29) is 51.6 Å². The van der Waals surface area contributed by atoms with Crippen molar-refractivity contribution in [3.63, 3.8) is 0 Å². The number of aliphatic hydroxyl groups is 3. The lowest BCUT2D eigenvalue weighted by Crippen LogP contribution is -2.30. The number of carbonyl (C=O) groups is 2. The Morgan fingerprint density at radius 1 is 0.310 bits per heavy atom. The van der Waals surface area contributed by atoms with Crippen LogP contribution in [0.3, 0.4) is 0 Å². The highest BCUT2D eigenvalue weighted by atomic mass is 16.6. The SMILES string of the molecule is CCCCCCCCCCCCCCCCCCCC(=O)OCC(O)COCC(O)COCC(O)COC(=O)CCCCCCCCCCCCCCCCCCC. The van der Waals surface area contributed by atoms with Crippen LogP contribution in [0.4, 0.5) is 0 Å². The maximum absolute atomic E-state index is 12.0. The zero-order valence-electron chi connectivity index (χ0n) is 38.2. The summed E-state index contributed by atoms with van der Waals surface area (Å²) in [5.41, 5.74) is 0. The second kappa shape index (κ2) is 46.8. The lowest BCUT2D eigenvalue weighted by atomic mass is 10.0. The van der Waals surface area contributed by atoms with E-state index in [1.165, 1.54) is 180 Å². The van der Waals surface area contributed by atoms with Gasteiger partial charge in [0.2, 0.25) is 0 Å². The van der Waals surface area contributed by atoms with Crippen molar-refractivity contribution in [1.29, 1.82) is 0 Å². The molecule has 58 heavy (non-hydrogen) atoms. The van der Waals surface area contributed by atoms with E-state index in [2.05, 4.69) is 13.8 Å². The monoisotopic (exact) mass is 829 g/mol. The maximum atomic E-state index is 12.0. The van der Waals surface area contributed by atoms with Crippen molar-refractivity contribution in [3.05, 3.63) is 0 Å². The van der Waals surface area contributed by atoms with Crippen molar-refractivity contribution in [3.8, 4) is 0 Å². The summed E-state index contributed by atoms with van der Waals surface area (Å²) in [6.45, 7) is 3.94. The predicted molar refractivity (Wildman–Crippen MR) is 239 cm³/mol. The van der Waals surface area contributed by atoms with Gasteiger partial charge in [-0.15, -0.1) is 0 Å². The largest absolute Gasteiger partial charge is 0.463 e. The van der Waals surface area contributed by atoms with E-state index < -0.39 is 18.3 Å². The van der Waals surface area contributed by atoms with E-state index in [0.717, 1.165) is 38.5 Å². The topological polar surface area (TPSA) is 132 Å². The van der Waals surface area contributed by atoms with Gasteiger partial charge in [0, 0.05) is 12.8 Å². The quantitative estimate of drug-likeness (QED) is 0.0405. The first-order valence-corrected chi connectivity index (χ1v) is 24.9. The Kier molecular flexibility index (Phi) is 45.8. The molecule has 0 saturated carbocycles. The van der Waals surface area contributed by atoms with Crippen molar-refractivity contribution >= 4 is 11.9 Å². The summed E-state index contributed by atoms with van der Waals surface area (Å²) in [6.07, 6.45) is 41.7. The normalized spacial score (nSPS) is 13.1. The molecule has 3 N–H and O–H groups in total. The van der Waals surface area contributed by atoms with E-state index in [4.69, 9.17) is 18.9 Å². The molecule has 0 aliphatic rings. The minimum Gasteiger partial charge on any atom is -0.463 e. The van der Waals surface area contributed by atoms with Crippen LogP contribution in [0, 0.1) is 0 Å². The number of hydrogen-bond acceptors (Lipinski definition) is 9. The Morgan fingerprint density at radius 3 is 0.724 bits per heavy atom. The molecule has 0 bridgehead atoms. The van der Waals surface area contributed by atoms with Crippen molar-refractivity contribution in [2.24, 2.45) is 0 Å². The summed E-state index contributed by atoms with van der Waals surface area (Å²) in [6, 6.07) is 0. The minimum atomic E-state index is -0.979. The first kappa shape index (κ1) is 56.7. The molecule has 0 heterocycles. The van der Waals surface area contributed by atoms with Crippen LogP contribution in [0.15, 0.2) is 0 Å². The fraction of sp³-hybridized carbons (Fsp3) is 0.959. The molecule has 9 nitrogen and oxygen atoms in total. The van der Waals surface area contributed by atoms with Gasteiger partial charge in [0.25, 0.3) is 0 Å². The van der Waals surface area contributed by atoms with Crippen molar-refractivity contribution < 1.29 is 43.9 Å². The molecule has 0 radical (unpaired) electrons. The number of esters is 2. The Bertz CT molecular complexity index is 775. The number of rotatable bonds is 48. The Hall–Kier alpha value is -1.26. The molecule has 0 aliphatic carbocycles. The second-order valence-electron chi connectivity index (χ2n) is 17.2. The van der Waals surface area contributed by atoms with Crippen LogP contribution >= 0.6 is 0 Å². The van der Waals surface area contributed by atoms with Crippen molar-refractivity contribution in [2.75, 3.05) is 39.6 Å². The number of unbranched alkanes of at least 4 members (excludes halogenated alkanes) is 32. The maximum Gasteiger partial charge on any atom is 0.305 e. The summed E-state index contributed by atoms with van der Waals surface area (Å²) in [4.78, 5) is 24.1. The lowest BCUT2D eigenvalue weighted by Gasteiger charge is -2.16. The molecule has 0 aromatic heterocycles. The van der Waals surface area contributed by atoms with Crippen molar-refractivity contribution in [2.45, 2.75) is 263 Å². The first-order chi connectivity index (χ1) is 28.4. The van der Waals surface area contributed by atoms with Crippen LogP contribution in [0.1, 0.15) is 245 Å². The van der Waals surface area contributed by atoms with Gasteiger partial charge in [0.05, 0.1) is 26.4 Å². The highest BCUT2D eigenvalue weighted by Gasteiger charge is 2.13.